The maximum atomic E-state index is 11.3. The van der Waals surface area contributed by atoms with E-state index >= 15 is 0 Å². The Morgan fingerprint density at radius 1 is 1.15 bits per heavy atom. The van der Waals surface area contributed by atoms with E-state index in [1.807, 2.05) is 43.3 Å². The third-order valence-corrected chi connectivity index (χ3v) is 2.82. The van der Waals surface area contributed by atoms with E-state index < -0.39 is 5.97 Å². The standard InChI is InChI=1S/C17H16O3/c1-2-20-15-11-10-14(16(12-15)17(18)19)9-8-13-6-4-3-5-7-13/h3-12H,2H2,1H3,(H,18,19)/b9-8+. The Morgan fingerprint density at radius 3 is 2.55 bits per heavy atom. The summed E-state index contributed by atoms with van der Waals surface area (Å²) in [5, 5.41) is 9.27. The number of hydrogen-bond donors (Lipinski definition) is 1. The summed E-state index contributed by atoms with van der Waals surface area (Å²) in [4.78, 5) is 11.3. The zero-order valence-electron chi connectivity index (χ0n) is 11.2. The van der Waals surface area contributed by atoms with Gasteiger partial charge in [-0.25, -0.2) is 4.79 Å². The van der Waals surface area contributed by atoms with Gasteiger partial charge in [-0.15, -0.1) is 0 Å². The molecule has 102 valence electrons. The van der Waals surface area contributed by atoms with Gasteiger partial charge in [-0.1, -0.05) is 48.6 Å². The molecule has 20 heavy (non-hydrogen) atoms. The molecule has 1 N–H and O–H groups in total. The van der Waals surface area contributed by atoms with E-state index in [1.165, 1.54) is 0 Å². The second kappa shape index (κ2) is 6.57. The molecular formula is C17H16O3. The predicted molar refractivity (Wildman–Crippen MR) is 79.9 cm³/mol. The van der Waals surface area contributed by atoms with Gasteiger partial charge in [-0.3, -0.25) is 0 Å². The van der Waals surface area contributed by atoms with Gasteiger partial charge >= 0.3 is 5.97 Å². The SMILES string of the molecule is CCOc1ccc(/C=C/c2ccccc2)c(C(=O)O)c1. The molecule has 0 spiro atoms. The maximum Gasteiger partial charge on any atom is 0.336 e. The average Bonchev–Trinajstić information content (AvgIpc) is 2.47. The second-order valence-electron chi connectivity index (χ2n) is 4.23. The summed E-state index contributed by atoms with van der Waals surface area (Å²) in [6.07, 6.45) is 3.69. The van der Waals surface area contributed by atoms with E-state index in [-0.39, 0.29) is 5.56 Å². The molecule has 0 bridgehead atoms. The summed E-state index contributed by atoms with van der Waals surface area (Å²) in [5.41, 5.74) is 1.92. The Hall–Kier alpha value is -2.55. The first-order valence-corrected chi connectivity index (χ1v) is 6.44. The van der Waals surface area contributed by atoms with Crippen LogP contribution in [0.2, 0.25) is 0 Å². The Labute approximate surface area is 118 Å². The van der Waals surface area contributed by atoms with Crippen LogP contribution in [0, 0.1) is 0 Å². The van der Waals surface area contributed by atoms with Gasteiger partial charge in [-0.2, -0.15) is 0 Å². The summed E-state index contributed by atoms with van der Waals surface area (Å²) < 4.78 is 5.33. The molecule has 0 radical (unpaired) electrons. The normalized spacial score (nSPS) is 10.7. The first-order valence-electron chi connectivity index (χ1n) is 6.44. The van der Waals surface area contributed by atoms with Crippen molar-refractivity contribution >= 4 is 18.1 Å². The number of benzene rings is 2. The summed E-state index contributed by atoms with van der Waals surface area (Å²) in [6.45, 7) is 2.38. The van der Waals surface area contributed by atoms with Crippen LogP contribution in [-0.2, 0) is 0 Å². The molecule has 0 aromatic heterocycles. The van der Waals surface area contributed by atoms with Crippen LogP contribution in [-0.4, -0.2) is 17.7 Å². The van der Waals surface area contributed by atoms with Gasteiger partial charge in [0, 0.05) is 0 Å². The highest BCUT2D eigenvalue weighted by Gasteiger charge is 2.09. The highest BCUT2D eigenvalue weighted by molar-refractivity contribution is 5.94. The van der Waals surface area contributed by atoms with Gasteiger partial charge in [-0.05, 0) is 30.2 Å². The summed E-state index contributed by atoms with van der Waals surface area (Å²) in [7, 11) is 0. The van der Waals surface area contributed by atoms with Crippen molar-refractivity contribution in [1.29, 1.82) is 0 Å². The molecule has 2 rings (SSSR count). The topological polar surface area (TPSA) is 46.5 Å². The molecule has 0 atom stereocenters. The second-order valence-corrected chi connectivity index (χ2v) is 4.23. The first kappa shape index (κ1) is 13.9. The van der Waals surface area contributed by atoms with E-state index in [1.54, 1.807) is 24.3 Å². The lowest BCUT2D eigenvalue weighted by atomic mass is 10.1. The number of rotatable bonds is 5. The number of ether oxygens (including phenoxy) is 1. The molecule has 0 heterocycles. The van der Waals surface area contributed by atoms with Crippen molar-refractivity contribution in [2.75, 3.05) is 6.61 Å². The van der Waals surface area contributed by atoms with Gasteiger partial charge in [0.25, 0.3) is 0 Å². The Morgan fingerprint density at radius 2 is 1.90 bits per heavy atom. The zero-order valence-corrected chi connectivity index (χ0v) is 11.2. The molecule has 0 saturated carbocycles. The highest BCUT2D eigenvalue weighted by Crippen LogP contribution is 2.20. The lowest BCUT2D eigenvalue weighted by Gasteiger charge is -2.06. The van der Waals surface area contributed by atoms with Crippen molar-refractivity contribution in [3.63, 3.8) is 0 Å². The highest BCUT2D eigenvalue weighted by atomic mass is 16.5. The largest absolute Gasteiger partial charge is 0.494 e. The number of carboxylic acid groups (broad SMARTS) is 1. The third-order valence-electron chi connectivity index (χ3n) is 2.82. The van der Waals surface area contributed by atoms with E-state index in [4.69, 9.17) is 4.74 Å². The Kier molecular flexibility index (Phi) is 4.56. The number of carboxylic acids is 1. The minimum absolute atomic E-state index is 0.239. The molecule has 2 aromatic carbocycles. The van der Waals surface area contributed by atoms with Crippen LogP contribution in [0.1, 0.15) is 28.4 Å². The van der Waals surface area contributed by atoms with E-state index in [2.05, 4.69) is 0 Å². The molecule has 3 heteroatoms. The van der Waals surface area contributed by atoms with Crippen LogP contribution in [0.3, 0.4) is 0 Å². The van der Waals surface area contributed by atoms with Crippen LogP contribution >= 0.6 is 0 Å². The minimum atomic E-state index is -0.959. The number of carbonyl (C=O) groups is 1. The Balaban J connectivity index is 2.31. The van der Waals surface area contributed by atoms with Crippen LogP contribution in [0.25, 0.3) is 12.2 Å². The van der Waals surface area contributed by atoms with E-state index in [0.29, 0.717) is 17.9 Å². The van der Waals surface area contributed by atoms with Crippen molar-refractivity contribution in [3.8, 4) is 5.75 Å². The average molecular weight is 268 g/mol. The lowest BCUT2D eigenvalue weighted by molar-refractivity contribution is 0.0696. The van der Waals surface area contributed by atoms with Gasteiger partial charge in [0.2, 0.25) is 0 Å². The van der Waals surface area contributed by atoms with Crippen LogP contribution < -0.4 is 4.74 Å². The molecule has 0 fully saturated rings. The van der Waals surface area contributed by atoms with Crippen molar-refractivity contribution in [2.24, 2.45) is 0 Å². The molecule has 0 aliphatic carbocycles. The molecule has 0 amide bonds. The molecule has 2 aromatic rings. The van der Waals surface area contributed by atoms with Gasteiger partial charge in [0.15, 0.2) is 0 Å². The smallest absolute Gasteiger partial charge is 0.336 e. The van der Waals surface area contributed by atoms with E-state index in [9.17, 15) is 9.90 Å². The minimum Gasteiger partial charge on any atom is -0.494 e. The van der Waals surface area contributed by atoms with Gasteiger partial charge < -0.3 is 9.84 Å². The van der Waals surface area contributed by atoms with Crippen molar-refractivity contribution in [2.45, 2.75) is 6.92 Å². The van der Waals surface area contributed by atoms with Crippen molar-refractivity contribution in [3.05, 3.63) is 65.2 Å². The fraction of sp³-hybridized carbons (Fsp3) is 0.118. The van der Waals surface area contributed by atoms with Crippen LogP contribution in [0.15, 0.2) is 48.5 Å². The van der Waals surface area contributed by atoms with Crippen molar-refractivity contribution in [1.82, 2.24) is 0 Å². The lowest BCUT2D eigenvalue weighted by Crippen LogP contribution is -2.01. The quantitative estimate of drug-likeness (QED) is 0.835. The fourth-order valence-electron chi connectivity index (χ4n) is 1.87. The number of aromatic carboxylic acids is 1. The summed E-state index contributed by atoms with van der Waals surface area (Å²) in [6, 6.07) is 14.8. The maximum absolute atomic E-state index is 11.3. The number of hydrogen-bond acceptors (Lipinski definition) is 2. The molecule has 0 aliphatic heterocycles. The zero-order chi connectivity index (χ0) is 14.4. The fourth-order valence-corrected chi connectivity index (χ4v) is 1.87. The predicted octanol–water partition coefficient (Wildman–Crippen LogP) is 3.95. The molecule has 0 saturated heterocycles. The molecule has 0 unspecified atom stereocenters. The molecule has 3 nitrogen and oxygen atoms in total. The monoisotopic (exact) mass is 268 g/mol. The molecule has 0 aliphatic rings. The molecular weight excluding hydrogens is 252 g/mol. The summed E-state index contributed by atoms with van der Waals surface area (Å²) >= 11 is 0. The Bertz CT molecular complexity index is 615. The third kappa shape index (κ3) is 3.48. The van der Waals surface area contributed by atoms with Gasteiger partial charge in [0.1, 0.15) is 5.75 Å². The van der Waals surface area contributed by atoms with Crippen molar-refractivity contribution < 1.29 is 14.6 Å². The summed E-state index contributed by atoms with van der Waals surface area (Å²) in [5.74, 6) is -0.388. The van der Waals surface area contributed by atoms with E-state index in [0.717, 1.165) is 5.56 Å². The van der Waals surface area contributed by atoms with Gasteiger partial charge in [0.05, 0.1) is 12.2 Å². The van der Waals surface area contributed by atoms with Crippen LogP contribution in [0.5, 0.6) is 5.75 Å². The van der Waals surface area contributed by atoms with Crippen LogP contribution in [0.4, 0.5) is 0 Å². The first-order chi connectivity index (χ1) is 9.70.